The summed E-state index contributed by atoms with van der Waals surface area (Å²) in [5.41, 5.74) is 8.28. The van der Waals surface area contributed by atoms with Gasteiger partial charge >= 0.3 is 0 Å². The zero-order valence-electron chi connectivity index (χ0n) is 10.8. The van der Waals surface area contributed by atoms with Crippen LogP contribution in [-0.2, 0) is 9.84 Å². The first-order valence-electron chi connectivity index (χ1n) is 6.08. The minimum atomic E-state index is -2.88. The van der Waals surface area contributed by atoms with Crippen molar-refractivity contribution in [2.45, 2.75) is 32.7 Å². The standard InChI is InChI=1S/C13H20BrNO2S/c1-3-18(16,17)8-4-5-13(15)11-6-7-12(14)10(2)9-11/h6-7,9,13H,3-5,8,15H2,1-2H3. The van der Waals surface area contributed by atoms with E-state index in [9.17, 15) is 8.42 Å². The predicted molar refractivity (Wildman–Crippen MR) is 79.4 cm³/mol. The Hall–Kier alpha value is -0.390. The maximum absolute atomic E-state index is 11.4. The lowest BCUT2D eigenvalue weighted by atomic mass is 10.0. The van der Waals surface area contributed by atoms with Crippen molar-refractivity contribution in [2.75, 3.05) is 11.5 Å². The average Bonchev–Trinajstić information content (AvgIpc) is 2.32. The van der Waals surface area contributed by atoms with Crippen LogP contribution in [0.15, 0.2) is 22.7 Å². The number of hydrogen-bond donors (Lipinski definition) is 1. The first kappa shape index (κ1) is 15.7. The maximum Gasteiger partial charge on any atom is 0.150 e. The zero-order chi connectivity index (χ0) is 13.8. The summed E-state index contributed by atoms with van der Waals surface area (Å²) in [5.74, 6) is 0.437. The molecule has 5 heteroatoms. The van der Waals surface area contributed by atoms with E-state index >= 15 is 0 Å². The molecule has 0 fully saturated rings. The van der Waals surface area contributed by atoms with Gasteiger partial charge in [0, 0.05) is 16.3 Å². The van der Waals surface area contributed by atoms with Gasteiger partial charge in [0.05, 0.1) is 5.75 Å². The summed E-state index contributed by atoms with van der Waals surface area (Å²) in [5, 5.41) is 0. The molecular weight excluding hydrogens is 314 g/mol. The van der Waals surface area contributed by atoms with Gasteiger partial charge in [-0.15, -0.1) is 0 Å². The van der Waals surface area contributed by atoms with Gasteiger partial charge in [0.2, 0.25) is 0 Å². The lowest BCUT2D eigenvalue weighted by Crippen LogP contribution is -2.14. The van der Waals surface area contributed by atoms with Gasteiger partial charge < -0.3 is 5.73 Å². The Balaban J connectivity index is 2.55. The normalized spacial score (nSPS) is 13.6. The van der Waals surface area contributed by atoms with Crippen LogP contribution in [-0.4, -0.2) is 19.9 Å². The molecule has 0 saturated heterocycles. The van der Waals surface area contributed by atoms with Crippen LogP contribution in [0, 0.1) is 6.92 Å². The highest BCUT2D eigenvalue weighted by atomic mass is 79.9. The predicted octanol–water partition coefficient (Wildman–Crippen LogP) is 2.97. The molecule has 3 nitrogen and oxygen atoms in total. The summed E-state index contributed by atoms with van der Waals surface area (Å²) in [7, 11) is -2.88. The van der Waals surface area contributed by atoms with Gasteiger partial charge in [-0.25, -0.2) is 8.42 Å². The third-order valence-corrected chi connectivity index (χ3v) is 5.70. The molecule has 0 radical (unpaired) electrons. The van der Waals surface area contributed by atoms with Gasteiger partial charge in [0.1, 0.15) is 9.84 Å². The van der Waals surface area contributed by atoms with E-state index in [-0.39, 0.29) is 17.5 Å². The highest BCUT2D eigenvalue weighted by molar-refractivity contribution is 9.10. The quantitative estimate of drug-likeness (QED) is 0.870. The Labute approximate surface area is 118 Å². The SMILES string of the molecule is CCS(=O)(=O)CCCC(N)c1ccc(Br)c(C)c1. The highest BCUT2D eigenvalue weighted by Crippen LogP contribution is 2.22. The molecule has 1 rings (SSSR count). The first-order valence-corrected chi connectivity index (χ1v) is 8.69. The Kier molecular flexibility index (Phi) is 5.82. The molecule has 0 spiro atoms. The first-order chi connectivity index (χ1) is 8.35. The minimum absolute atomic E-state index is 0.0937. The molecule has 0 aromatic heterocycles. The van der Waals surface area contributed by atoms with Gasteiger partial charge in [-0.05, 0) is 37.0 Å². The largest absolute Gasteiger partial charge is 0.324 e. The van der Waals surface area contributed by atoms with Crippen LogP contribution >= 0.6 is 15.9 Å². The molecule has 1 unspecified atom stereocenters. The molecule has 0 amide bonds. The smallest absolute Gasteiger partial charge is 0.150 e. The number of nitrogens with two attached hydrogens (primary N) is 1. The lowest BCUT2D eigenvalue weighted by molar-refractivity contribution is 0.584. The molecule has 1 aromatic carbocycles. The van der Waals surface area contributed by atoms with Crippen LogP contribution < -0.4 is 5.73 Å². The Morgan fingerprint density at radius 1 is 1.39 bits per heavy atom. The number of rotatable bonds is 6. The fraction of sp³-hybridized carbons (Fsp3) is 0.538. The maximum atomic E-state index is 11.4. The van der Waals surface area contributed by atoms with Crippen molar-refractivity contribution < 1.29 is 8.42 Å². The molecule has 1 aromatic rings. The van der Waals surface area contributed by atoms with Gasteiger partial charge in [0.25, 0.3) is 0 Å². The van der Waals surface area contributed by atoms with Gasteiger partial charge in [-0.2, -0.15) is 0 Å². The molecule has 1 atom stereocenters. The van der Waals surface area contributed by atoms with E-state index in [0.717, 1.165) is 15.6 Å². The molecule has 0 aliphatic carbocycles. The Morgan fingerprint density at radius 3 is 2.61 bits per heavy atom. The van der Waals surface area contributed by atoms with Crippen molar-refractivity contribution in [3.63, 3.8) is 0 Å². The van der Waals surface area contributed by atoms with Crippen molar-refractivity contribution in [3.05, 3.63) is 33.8 Å². The van der Waals surface area contributed by atoms with E-state index in [2.05, 4.69) is 15.9 Å². The fourth-order valence-electron chi connectivity index (χ4n) is 1.73. The van der Waals surface area contributed by atoms with E-state index in [1.807, 2.05) is 25.1 Å². The van der Waals surface area contributed by atoms with Crippen molar-refractivity contribution >= 4 is 25.8 Å². The number of hydrogen-bond acceptors (Lipinski definition) is 3. The lowest BCUT2D eigenvalue weighted by Gasteiger charge is -2.13. The van der Waals surface area contributed by atoms with Crippen LogP contribution in [0.5, 0.6) is 0 Å². The molecule has 102 valence electrons. The summed E-state index contributed by atoms with van der Waals surface area (Å²) < 4.78 is 23.8. The second-order valence-electron chi connectivity index (χ2n) is 4.49. The molecule has 0 saturated carbocycles. The molecule has 0 aliphatic rings. The summed E-state index contributed by atoms with van der Waals surface area (Å²) in [6, 6.07) is 5.91. The van der Waals surface area contributed by atoms with E-state index in [4.69, 9.17) is 5.73 Å². The second kappa shape index (κ2) is 6.68. The zero-order valence-corrected chi connectivity index (χ0v) is 13.2. The Morgan fingerprint density at radius 2 is 2.06 bits per heavy atom. The van der Waals surface area contributed by atoms with Gasteiger partial charge in [0.15, 0.2) is 0 Å². The van der Waals surface area contributed by atoms with E-state index < -0.39 is 9.84 Å². The van der Waals surface area contributed by atoms with Crippen molar-refractivity contribution in [1.82, 2.24) is 0 Å². The molecule has 2 N–H and O–H groups in total. The third-order valence-electron chi connectivity index (χ3n) is 3.02. The number of halogens is 1. The number of sulfone groups is 1. The summed E-state index contributed by atoms with van der Waals surface area (Å²) in [6.07, 6.45) is 1.31. The van der Waals surface area contributed by atoms with Gasteiger partial charge in [-0.3, -0.25) is 0 Å². The van der Waals surface area contributed by atoms with Crippen LogP contribution in [0.4, 0.5) is 0 Å². The Bertz CT molecular complexity index is 500. The van der Waals surface area contributed by atoms with E-state index in [0.29, 0.717) is 12.8 Å². The van der Waals surface area contributed by atoms with Crippen molar-refractivity contribution in [2.24, 2.45) is 5.73 Å². The summed E-state index contributed by atoms with van der Waals surface area (Å²) >= 11 is 3.45. The number of benzene rings is 1. The monoisotopic (exact) mass is 333 g/mol. The topological polar surface area (TPSA) is 60.2 Å². The minimum Gasteiger partial charge on any atom is -0.324 e. The molecule has 0 heterocycles. The average molecular weight is 334 g/mol. The highest BCUT2D eigenvalue weighted by Gasteiger charge is 2.11. The molecular formula is C13H20BrNO2S. The number of aryl methyl sites for hydroxylation is 1. The summed E-state index contributed by atoms with van der Waals surface area (Å²) in [4.78, 5) is 0. The second-order valence-corrected chi connectivity index (χ2v) is 7.82. The van der Waals surface area contributed by atoms with Crippen LogP contribution in [0.3, 0.4) is 0 Å². The third kappa shape index (κ3) is 4.71. The van der Waals surface area contributed by atoms with Crippen molar-refractivity contribution in [1.29, 1.82) is 0 Å². The fourth-order valence-corrected chi connectivity index (χ4v) is 2.87. The molecule has 0 bridgehead atoms. The van der Waals surface area contributed by atoms with Crippen LogP contribution in [0.2, 0.25) is 0 Å². The van der Waals surface area contributed by atoms with Gasteiger partial charge in [-0.1, -0.05) is 35.0 Å². The van der Waals surface area contributed by atoms with Crippen LogP contribution in [0.1, 0.15) is 36.9 Å². The van der Waals surface area contributed by atoms with Crippen molar-refractivity contribution in [3.8, 4) is 0 Å². The summed E-state index contributed by atoms with van der Waals surface area (Å²) in [6.45, 7) is 3.69. The molecule has 0 aliphatic heterocycles. The van der Waals surface area contributed by atoms with E-state index in [1.54, 1.807) is 6.92 Å². The van der Waals surface area contributed by atoms with E-state index in [1.165, 1.54) is 0 Å². The molecule has 18 heavy (non-hydrogen) atoms. The van der Waals surface area contributed by atoms with Crippen LogP contribution in [0.25, 0.3) is 0 Å².